The van der Waals surface area contributed by atoms with E-state index in [4.69, 9.17) is 34.4 Å². The van der Waals surface area contributed by atoms with E-state index in [2.05, 4.69) is 36.8 Å². The lowest BCUT2D eigenvalue weighted by Crippen LogP contribution is -2.54. The molecule has 3 aromatic rings. The summed E-state index contributed by atoms with van der Waals surface area (Å²) in [6.07, 6.45) is 8.21. The molecule has 574 valence electrons. The van der Waals surface area contributed by atoms with Crippen LogP contribution in [-0.4, -0.2) is 166 Å². The fourth-order valence-corrected chi connectivity index (χ4v) is 14.9. The number of aliphatic hydroxyl groups is 2. The Hall–Kier alpha value is -10.3. The Morgan fingerprint density at radius 3 is 2.22 bits per heavy atom. The number of phenols is 1. The van der Waals surface area contributed by atoms with Crippen molar-refractivity contribution in [2.24, 2.45) is 35.3 Å². The number of unbranched alkanes of at least 4 members (excludes halogenated alkanes) is 2. The summed E-state index contributed by atoms with van der Waals surface area (Å²) in [4.78, 5) is 155. The number of primary amides is 1. The average molecular weight is 1500 g/mol. The molecule has 9 rings (SSSR count). The van der Waals surface area contributed by atoms with E-state index in [1.54, 1.807) is 84.0 Å². The molecule has 107 heavy (non-hydrogen) atoms. The van der Waals surface area contributed by atoms with Gasteiger partial charge in [-0.2, -0.15) is 0 Å². The van der Waals surface area contributed by atoms with Crippen LogP contribution in [0.15, 0.2) is 95.6 Å². The summed E-state index contributed by atoms with van der Waals surface area (Å²) in [7, 11) is 1.43. The van der Waals surface area contributed by atoms with Crippen LogP contribution < -0.4 is 52.7 Å². The lowest BCUT2D eigenvalue weighted by atomic mass is 9.78. The first-order valence-corrected chi connectivity index (χ1v) is 36.8. The van der Waals surface area contributed by atoms with E-state index in [0.717, 1.165) is 21.9 Å². The Morgan fingerprint density at radius 2 is 1.56 bits per heavy atom. The van der Waals surface area contributed by atoms with Gasteiger partial charge in [0.1, 0.15) is 42.0 Å². The Morgan fingerprint density at radius 1 is 0.860 bits per heavy atom. The van der Waals surface area contributed by atoms with Gasteiger partial charge in [-0.25, -0.2) is 14.6 Å². The molecule has 1 fully saturated rings. The van der Waals surface area contributed by atoms with Crippen molar-refractivity contribution in [3.63, 3.8) is 0 Å². The van der Waals surface area contributed by atoms with Crippen molar-refractivity contribution in [3.05, 3.63) is 118 Å². The number of alkyl carbamates (subject to hydrolysis) is 1. The van der Waals surface area contributed by atoms with Gasteiger partial charge in [0.05, 0.1) is 56.3 Å². The summed E-state index contributed by atoms with van der Waals surface area (Å²) >= 11 is 1.14. The first-order valence-electron chi connectivity index (χ1n) is 36.0. The molecule has 11 atom stereocenters. The number of aromatic hydroxyl groups is 1. The predicted octanol–water partition coefficient (Wildman–Crippen LogP) is 7.81. The van der Waals surface area contributed by atoms with Crippen LogP contribution in [-0.2, 0) is 59.1 Å². The largest absolute Gasteiger partial charge is 0.507 e. The number of imide groups is 1. The third-order valence-corrected chi connectivity index (χ3v) is 21.3. The second-order valence-corrected chi connectivity index (χ2v) is 29.4. The summed E-state index contributed by atoms with van der Waals surface area (Å²) in [5.74, 6) is -10.0. The van der Waals surface area contributed by atoms with Crippen molar-refractivity contribution in [2.45, 2.75) is 176 Å². The fourth-order valence-electron chi connectivity index (χ4n) is 13.8. The van der Waals surface area contributed by atoms with Crippen LogP contribution in [0.25, 0.3) is 31.6 Å². The topological polar surface area (TPSA) is 412 Å². The minimum absolute atomic E-state index is 0.0269. The number of piperidine rings is 1. The molecule has 4 bridgehead atoms. The van der Waals surface area contributed by atoms with Crippen LogP contribution in [0.5, 0.6) is 11.5 Å². The zero-order valence-corrected chi connectivity index (χ0v) is 62.7. The van der Waals surface area contributed by atoms with Crippen LogP contribution in [0.2, 0.25) is 0 Å². The maximum Gasteiger partial charge on any atom is 0.407 e. The SMILES string of the molecule is CO[C@H]1/C=C/O[C@@]2(C)Oc3c(C)c(O)c4c(=O)c(c5sc6cc(N7CCC(NC(=O)OCc8ccc(NC(=O)[C@H](CCCNC(N)=O)NC(=O)[C@@H](NC(=O)CCCCCN9C(=O)C=CC9=O)C(C)C)cc8)CC7)ccc6nc-5c4c3C2=O)NC(=O)/C(C)=C\C=C\[C@H](C)[C@H](O)[C@@H](C)[C@@H](O)[C@@H](C)[C@H](OC(C)=O)[C@@H]1C. The number of ketones is 1. The molecule has 6 aliphatic rings. The predicted molar refractivity (Wildman–Crippen MR) is 400 cm³/mol. The van der Waals surface area contributed by atoms with Crippen molar-refractivity contribution in [1.29, 1.82) is 0 Å². The quantitative estimate of drug-likeness (QED) is 0.0104. The van der Waals surface area contributed by atoms with Crippen LogP contribution >= 0.6 is 11.3 Å². The number of fused-ring (bicyclic) bond motifs is 2. The summed E-state index contributed by atoms with van der Waals surface area (Å²) in [6, 6.07) is 9.00. The van der Waals surface area contributed by atoms with Crippen molar-refractivity contribution in [1.82, 2.24) is 31.2 Å². The number of ether oxygens (including phenoxy) is 5. The van der Waals surface area contributed by atoms with Gasteiger partial charge < -0.3 is 81.5 Å². The number of hydrogen-bond acceptors (Lipinski definition) is 22. The van der Waals surface area contributed by atoms with E-state index in [9.17, 15) is 58.5 Å². The Labute approximate surface area is 623 Å². The number of phenolic OH excluding ortho intramolecular Hbond substituents is 1. The molecule has 9 amide bonds. The highest BCUT2D eigenvalue weighted by atomic mass is 32.1. The van der Waals surface area contributed by atoms with E-state index < -0.39 is 119 Å². The number of nitrogens with zero attached hydrogens (tertiary/aromatic N) is 3. The van der Waals surface area contributed by atoms with E-state index in [-0.39, 0.29) is 118 Å². The molecule has 5 heterocycles. The van der Waals surface area contributed by atoms with Crippen LogP contribution in [0.4, 0.5) is 26.7 Å². The number of Topliss-reactive ketones (excluding diaryl/α,β-unsaturated/α-hetero) is 1. The highest BCUT2D eigenvalue weighted by Gasteiger charge is 2.50. The van der Waals surface area contributed by atoms with Gasteiger partial charge in [-0.15, -0.1) is 11.3 Å². The number of methoxy groups -OCH3 is 1. The molecule has 29 nitrogen and oxygen atoms in total. The van der Waals surface area contributed by atoms with Gasteiger partial charge >= 0.3 is 23.9 Å². The zero-order valence-electron chi connectivity index (χ0n) is 61.9. The first-order chi connectivity index (χ1) is 50.8. The second-order valence-electron chi connectivity index (χ2n) is 28.3. The Balaban J connectivity index is 0.872. The van der Waals surface area contributed by atoms with Gasteiger partial charge in [-0.1, -0.05) is 78.3 Å². The number of nitrogens with two attached hydrogens (primary N) is 1. The highest BCUT2D eigenvalue weighted by Crippen LogP contribution is 2.52. The molecule has 1 aliphatic carbocycles. The number of carbonyl (C=O) groups is 10. The number of aromatic nitrogens is 1. The molecule has 0 aromatic heterocycles. The molecule has 0 spiro atoms. The molecule has 30 heteroatoms. The zero-order chi connectivity index (χ0) is 77.9. The molecule has 0 saturated carbocycles. The van der Waals surface area contributed by atoms with Crippen molar-refractivity contribution >= 4 is 109 Å². The van der Waals surface area contributed by atoms with Gasteiger partial charge in [-0.05, 0) is 100 Å². The molecule has 0 unspecified atom stereocenters. The summed E-state index contributed by atoms with van der Waals surface area (Å²) in [5, 5.41) is 51.6. The monoisotopic (exact) mass is 1500 g/mol. The Kier molecular flexibility index (Phi) is 26.7. The maximum absolute atomic E-state index is 15.2. The number of carbonyl (C=O) groups excluding carboxylic acids is 10. The number of esters is 1. The fraction of sp³-hybridized carbons (Fsp3) is 0.481. The molecule has 5 aliphatic heterocycles. The number of urea groups is 1. The third kappa shape index (κ3) is 19.1. The molecular weight excluding hydrogens is 1400 g/mol. The van der Waals surface area contributed by atoms with Gasteiger partial charge in [0.2, 0.25) is 23.2 Å². The summed E-state index contributed by atoms with van der Waals surface area (Å²) in [6.45, 7) is 17.3. The molecular formula is C77H96N10O19S. The number of amides is 9. The normalized spacial score (nSPS) is 23.9. The van der Waals surface area contributed by atoms with Crippen LogP contribution in [0.1, 0.15) is 135 Å². The summed E-state index contributed by atoms with van der Waals surface area (Å²) in [5.41, 5.74) is 6.66. The van der Waals surface area contributed by atoms with Gasteiger partial charge in [-0.3, -0.25) is 48.1 Å². The van der Waals surface area contributed by atoms with Crippen molar-refractivity contribution in [3.8, 4) is 22.1 Å². The number of allylic oxidation sites excluding steroid dienone is 2. The smallest absolute Gasteiger partial charge is 0.407 e. The average Bonchev–Trinajstić information content (AvgIpc) is 1.65. The molecule has 3 aromatic carbocycles. The standard InChI is InChI=1S/C77H96N10O19S/c1-39(2)61(84-55(89)20-13-12-14-33-87-56(90)27-28-57(87)91)74(99)83-52(19-16-32-79-75(78)100)73(98)80-48-23-21-47(22-24-48)38-103-76(101)81-49-29-34-86(35-30-49)50-25-26-51-54(37-50)107-70-62(82-51)58-59-66(94)45(8)69-60(58)71(96)77(10,106-69)104-36-31-53(102-11)42(5)68(105-46(9)88)44(7)65(93)43(6)64(92)40(3)17-15-18-41(4)72(97)85-63(70)67(59)95/h15,17-18,21-28,31,36-37,39-40,42-44,49,52-53,61,64-65,68,92-94H,12-14,16,19-20,29-30,32-35,38H2,1-11H3,(H,80,98)(H,81,101)(H,83,99)(H,84,89)(H,85,97)(H3,78,79,100)/b17-15+,36-31+,41-18-/t40-,42+,43+,44+,52-,53-,61-,64-,65+,68+,77-/m0/s1. The van der Waals surface area contributed by atoms with E-state index in [1.807, 2.05) is 12.1 Å². The minimum atomic E-state index is -2.08. The van der Waals surface area contributed by atoms with Crippen LogP contribution in [0, 0.1) is 36.5 Å². The van der Waals surface area contributed by atoms with E-state index in [1.165, 1.54) is 65.4 Å². The number of nitrogens with one attached hydrogen (secondary N) is 6. The second kappa shape index (κ2) is 35.4. The molecule has 0 radical (unpaired) electrons. The van der Waals surface area contributed by atoms with E-state index >= 15 is 9.59 Å². The highest BCUT2D eigenvalue weighted by molar-refractivity contribution is 7.22. The number of benzene rings is 4. The van der Waals surface area contributed by atoms with Gasteiger partial charge in [0.15, 0.2) is 0 Å². The molecule has 11 N–H and O–H groups in total. The van der Waals surface area contributed by atoms with Crippen molar-refractivity contribution < 1.29 is 86.9 Å². The number of anilines is 3. The lowest BCUT2D eigenvalue weighted by molar-refractivity contribution is -0.160. The van der Waals surface area contributed by atoms with Gasteiger partial charge in [0.25, 0.3) is 23.5 Å². The molecule has 1 saturated heterocycles. The number of hydrogen-bond donors (Lipinski definition) is 10. The van der Waals surface area contributed by atoms with Crippen LogP contribution in [0.3, 0.4) is 0 Å². The first kappa shape index (κ1) is 80.8. The number of rotatable bonds is 22. The lowest BCUT2D eigenvalue weighted by Gasteiger charge is -2.38. The summed E-state index contributed by atoms with van der Waals surface area (Å²) < 4.78 is 30.4. The minimum Gasteiger partial charge on any atom is -0.507 e. The van der Waals surface area contributed by atoms with E-state index in [0.29, 0.717) is 66.7 Å². The number of aliphatic hydroxyl groups excluding tert-OH is 2. The maximum atomic E-state index is 15.2. The van der Waals surface area contributed by atoms with Crippen molar-refractivity contribution in [2.75, 3.05) is 48.8 Å². The van der Waals surface area contributed by atoms with Gasteiger partial charge in [0, 0.05) is 123 Å². The third-order valence-electron chi connectivity index (χ3n) is 20.1. The Bertz CT molecular complexity index is 4360.